The zero-order chi connectivity index (χ0) is 9.84. The summed E-state index contributed by atoms with van der Waals surface area (Å²) in [5.74, 6) is -0.611. The van der Waals surface area contributed by atoms with Crippen molar-refractivity contribution in [3.63, 3.8) is 0 Å². The summed E-state index contributed by atoms with van der Waals surface area (Å²) in [6.07, 6.45) is 0. The summed E-state index contributed by atoms with van der Waals surface area (Å²) in [5.41, 5.74) is 0.191. The van der Waals surface area contributed by atoms with Gasteiger partial charge in [-0.05, 0) is 17.6 Å². The molecule has 0 spiro atoms. The van der Waals surface area contributed by atoms with Crippen LogP contribution in [0.4, 0.5) is 4.39 Å². The van der Waals surface area contributed by atoms with Gasteiger partial charge in [-0.25, -0.2) is 4.39 Å². The molecule has 0 bridgehead atoms. The van der Waals surface area contributed by atoms with E-state index in [0.717, 1.165) is 12.1 Å². The minimum absolute atomic E-state index is 0.156. The number of rotatable bonds is 3. The first-order valence-corrected chi connectivity index (χ1v) is 3.62. The first-order valence-electron chi connectivity index (χ1n) is 3.24. The van der Waals surface area contributed by atoms with E-state index in [-0.39, 0.29) is 10.5 Å². The molecule has 7 heteroatoms. The topological polar surface area (TPSA) is 58.9 Å². The van der Waals surface area contributed by atoms with Gasteiger partial charge in [-0.1, -0.05) is 17.7 Å². The molecule has 4 nitrogen and oxygen atoms in total. The Hall–Kier alpha value is -0.655. The highest BCUT2D eigenvalue weighted by Crippen LogP contribution is 2.11. The van der Waals surface area contributed by atoms with Gasteiger partial charge in [-0.15, -0.1) is 0 Å². The summed E-state index contributed by atoms with van der Waals surface area (Å²) in [7, 11) is -1.39. The minimum atomic E-state index is -1.39. The van der Waals surface area contributed by atoms with Crippen molar-refractivity contribution in [2.45, 2.75) is 0 Å². The smallest absolute Gasteiger partial charge is 0.264 e. The van der Waals surface area contributed by atoms with Crippen molar-refractivity contribution in [3.05, 3.63) is 29.0 Å². The summed E-state index contributed by atoms with van der Waals surface area (Å²) >= 11 is 5.42. The number of benzene rings is 1. The van der Waals surface area contributed by atoms with E-state index in [4.69, 9.17) is 22.1 Å². The fourth-order valence-corrected chi connectivity index (χ4v) is 0.989. The molecule has 0 atom stereocenters. The van der Waals surface area contributed by atoms with Crippen molar-refractivity contribution in [1.29, 1.82) is 0 Å². The molecule has 0 aliphatic heterocycles. The highest BCUT2D eigenvalue weighted by Gasteiger charge is 2.22. The van der Waals surface area contributed by atoms with Gasteiger partial charge < -0.3 is 0 Å². The maximum absolute atomic E-state index is 12.6. The average Bonchev–Trinajstić information content (AvgIpc) is 2.13. The molecule has 0 saturated carbocycles. The van der Waals surface area contributed by atoms with Crippen molar-refractivity contribution in [3.8, 4) is 0 Å². The highest BCUT2D eigenvalue weighted by molar-refractivity contribution is 6.61. The molecule has 13 heavy (non-hydrogen) atoms. The molecule has 0 radical (unpaired) electrons. The van der Waals surface area contributed by atoms with Gasteiger partial charge in [0.05, 0.1) is 5.02 Å². The molecule has 0 aliphatic rings. The third kappa shape index (κ3) is 2.39. The Bertz CT molecular complexity index is 294. The van der Waals surface area contributed by atoms with Gasteiger partial charge in [0.2, 0.25) is 0 Å². The molecule has 0 aromatic heterocycles. The molecule has 0 heterocycles. The Labute approximate surface area is 78.5 Å². The van der Waals surface area contributed by atoms with Crippen LogP contribution >= 0.6 is 11.6 Å². The van der Waals surface area contributed by atoms with Crippen LogP contribution in [0.15, 0.2) is 18.2 Å². The lowest BCUT2D eigenvalue weighted by Crippen LogP contribution is -2.35. The van der Waals surface area contributed by atoms with Crippen LogP contribution in [0.5, 0.6) is 0 Å². The molecule has 2 N–H and O–H groups in total. The predicted octanol–water partition coefficient (Wildman–Crippen LogP) is 1.15. The van der Waals surface area contributed by atoms with Gasteiger partial charge in [0.25, 0.3) is 0 Å². The highest BCUT2D eigenvalue weighted by atomic mass is 35.5. The van der Waals surface area contributed by atoms with Gasteiger partial charge in [-0.2, -0.15) is 0 Å². The number of hydrogen-bond donors (Lipinski definition) is 2. The lowest BCUT2D eigenvalue weighted by Gasteiger charge is -2.05. The van der Waals surface area contributed by atoms with Crippen LogP contribution in [0.1, 0.15) is 0 Å². The van der Waals surface area contributed by atoms with Crippen LogP contribution in [0, 0.1) is 5.82 Å². The summed E-state index contributed by atoms with van der Waals surface area (Å²) in [6, 6.07) is 3.47. The van der Waals surface area contributed by atoms with Crippen LogP contribution in [-0.4, -0.2) is 17.6 Å². The fourth-order valence-electron chi connectivity index (χ4n) is 0.800. The zero-order valence-corrected chi connectivity index (χ0v) is 7.03. The first kappa shape index (κ1) is 10.4. The van der Waals surface area contributed by atoms with Crippen LogP contribution in [-0.2, 0) is 9.61 Å². The van der Waals surface area contributed by atoms with Crippen molar-refractivity contribution in [2.24, 2.45) is 0 Å². The standard InChI is InChI=1S/C6H5BClFO4/c8-5-3-4(1-2-6(5)9)7(12-10)13-11/h1-3,10-11H. The number of halogens is 2. The van der Waals surface area contributed by atoms with Crippen LogP contribution in [0.2, 0.25) is 5.02 Å². The molecule has 1 rings (SSSR count). The third-order valence-electron chi connectivity index (χ3n) is 1.41. The maximum atomic E-state index is 12.6. The molecular formula is C6H5BClFO4. The molecule has 1 aromatic rings. The van der Waals surface area contributed by atoms with Gasteiger partial charge in [0.1, 0.15) is 5.82 Å². The largest absolute Gasteiger partial charge is 0.554 e. The van der Waals surface area contributed by atoms with Crippen LogP contribution in [0.25, 0.3) is 0 Å². The summed E-state index contributed by atoms with van der Waals surface area (Å²) in [4.78, 5) is 7.45. The average molecular weight is 206 g/mol. The second-order valence-electron chi connectivity index (χ2n) is 2.22. The normalized spacial score (nSPS) is 10.2. The molecule has 0 amide bonds. The van der Waals surface area contributed by atoms with Gasteiger partial charge >= 0.3 is 7.12 Å². The van der Waals surface area contributed by atoms with Gasteiger partial charge in [-0.3, -0.25) is 20.1 Å². The second-order valence-corrected chi connectivity index (χ2v) is 2.62. The quantitative estimate of drug-likeness (QED) is 0.442. The molecular weight excluding hydrogens is 201 g/mol. The molecule has 0 fully saturated rings. The molecule has 0 aliphatic carbocycles. The Balaban J connectivity index is 2.95. The first-order chi connectivity index (χ1) is 6.19. The van der Waals surface area contributed by atoms with E-state index in [2.05, 4.69) is 9.61 Å². The number of hydrogen-bond acceptors (Lipinski definition) is 4. The predicted molar refractivity (Wildman–Crippen MR) is 44.2 cm³/mol. The lowest BCUT2D eigenvalue weighted by molar-refractivity contribution is -0.221. The van der Waals surface area contributed by atoms with E-state index >= 15 is 0 Å². The van der Waals surface area contributed by atoms with E-state index in [9.17, 15) is 4.39 Å². The van der Waals surface area contributed by atoms with Gasteiger partial charge in [0, 0.05) is 0 Å². The van der Waals surface area contributed by atoms with E-state index in [1.165, 1.54) is 6.07 Å². The minimum Gasteiger partial charge on any atom is -0.264 e. The van der Waals surface area contributed by atoms with Crippen molar-refractivity contribution < 1.29 is 24.5 Å². The van der Waals surface area contributed by atoms with Crippen LogP contribution < -0.4 is 5.46 Å². The Morgan fingerprint density at radius 2 is 1.92 bits per heavy atom. The second kappa shape index (κ2) is 4.54. The molecule has 0 unspecified atom stereocenters. The van der Waals surface area contributed by atoms with E-state index < -0.39 is 12.9 Å². The molecule has 0 saturated heterocycles. The van der Waals surface area contributed by atoms with Crippen molar-refractivity contribution in [2.75, 3.05) is 0 Å². The Morgan fingerprint density at radius 1 is 1.31 bits per heavy atom. The molecule has 1 aromatic carbocycles. The monoisotopic (exact) mass is 206 g/mol. The Morgan fingerprint density at radius 3 is 2.38 bits per heavy atom. The Kier molecular flexibility index (Phi) is 3.64. The van der Waals surface area contributed by atoms with Crippen molar-refractivity contribution in [1.82, 2.24) is 0 Å². The summed E-state index contributed by atoms with van der Waals surface area (Å²) < 4.78 is 12.6. The van der Waals surface area contributed by atoms with Crippen LogP contribution in [0.3, 0.4) is 0 Å². The van der Waals surface area contributed by atoms with E-state index in [1.807, 2.05) is 0 Å². The maximum Gasteiger partial charge on any atom is 0.554 e. The third-order valence-corrected chi connectivity index (χ3v) is 1.70. The SMILES string of the molecule is OOB(OO)c1ccc(F)c(Cl)c1. The summed E-state index contributed by atoms with van der Waals surface area (Å²) in [6.45, 7) is 0. The zero-order valence-electron chi connectivity index (χ0n) is 6.28. The lowest BCUT2D eigenvalue weighted by atomic mass is 9.80. The fraction of sp³-hybridized carbons (Fsp3) is 0. The summed E-state index contributed by atoms with van der Waals surface area (Å²) in [5, 5.41) is 16.3. The van der Waals surface area contributed by atoms with Gasteiger partial charge in [0.15, 0.2) is 0 Å². The van der Waals surface area contributed by atoms with E-state index in [0.29, 0.717) is 0 Å². The van der Waals surface area contributed by atoms with Crippen molar-refractivity contribution >= 4 is 24.2 Å². The molecule has 70 valence electrons. The van der Waals surface area contributed by atoms with E-state index in [1.54, 1.807) is 0 Å².